The summed E-state index contributed by atoms with van der Waals surface area (Å²) in [5, 5.41) is 0. The van der Waals surface area contributed by atoms with Gasteiger partial charge in [-0.3, -0.25) is 4.79 Å². The molecule has 0 unspecified atom stereocenters. The van der Waals surface area contributed by atoms with Crippen LogP contribution < -0.4 is 5.73 Å². The minimum absolute atomic E-state index is 0. The van der Waals surface area contributed by atoms with Crippen molar-refractivity contribution in [2.75, 3.05) is 13.1 Å². The van der Waals surface area contributed by atoms with Gasteiger partial charge in [0, 0.05) is 24.4 Å². The van der Waals surface area contributed by atoms with Crippen LogP contribution in [0.5, 0.6) is 0 Å². The van der Waals surface area contributed by atoms with Gasteiger partial charge in [-0.15, -0.1) is 23.7 Å². The highest BCUT2D eigenvalue weighted by molar-refractivity contribution is 7.16. The van der Waals surface area contributed by atoms with Gasteiger partial charge in [0.2, 0.25) is 5.91 Å². The number of nitrogens with zero attached hydrogens (tertiary/aromatic N) is 1. The normalized spacial score (nSPS) is 9.69. The Bertz CT molecular complexity index is 330. The second-order valence-electron chi connectivity index (χ2n) is 3.15. The molecule has 0 radical (unpaired) electrons. The van der Waals surface area contributed by atoms with Crippen LogP contribution in [0.1, 0.15) is 18.2 Å². The number of thiophene rings is 1. The van der Waals surface area contributed by atoms with E-state index in [1.165, 1.54) is 11.3 Å². The topological polar surface area (TPSA) is 46.3 Å². The van der Waals surface area contributed by atoms with Gasteiger partial charge in [-0.25, -0.2) is 0 Å². The molecule has 16 heavy (non-hydrogen) atoms. The smallest absolute Gasteiger partial charge is 0.224 e. The molecule has 1 heterocycles. The first-order valence-electron chi connectivity index (χ1n) is 4.89. The van der Waals surface area contributed by atoms with Crippen LogP contribution in [0.2, 0.25) is 4.34 Å². The van der Waals surface area contributed by atoms with E-state index in [9.17, 15) is 4.79 Å². The molecule has 1 aromatic rings. The molecule has 0 saturated heterocycles. The predicted molar refractivity (Wildman–Crippen MR) is 71.3 cm³/mol. The van der Waals surface area contributed by atoms with Crippen LogP contribution >= 0.6 is 35.3 Å². The number of rotatable bonds is 5. The van der Waals surface area contributed by atoms with Crippen molar-refractivity contribution in [1.82, 2.24) is 4.90 Å². The summed E-state index contributed by atoms with van der Waals surface area (Å²) in [5.74, 6) is 0.101. The third kappa shape index (κ3) is 4.70. The zero-order valence-corrected chi connectivity index (χ0v) is 11.5. The van der Waals surface area contributed by atoms with E-state index in [0.717, 1.165) is 9.21 Å². The molecule has 3 nitrogen and oxygen atoms in total. The summed E-state index contributed by atoms with van der Waals surface area (Å²) >= 11 is 7.33. The van der Waals surface area contributed by atoms with Gasteiger partial charge >= 0.3 is 0 Å². The number of amides is 1. The maximum absolute atomic E-state index is 11.6. The quantitative estimate of drug-likeness (QED) is 0.902. The van der Waals surface area contributed by atoms with Gasteiger partial charge < -0.3 is 10.6 Å². The molecule has 1 aromatic heterocycles. The highest BCUT2D eigenvalue weighted by atomic mass is 35.5. The Morgan fingerprint density at radius 2 is 2.25 bits per heavy atom. The first kappa shape index (κ1) is 15.7. The van der Waals surface area contributed by atoms with Crippen LogP contribution in [0.3, 0.4) is 0 Å². The lowest BCUT2D eigenvalue weighted by molar-refractivity contribution is -0.131. The lowest BCUT2D eigenvalue weighted by atomic mass is 10.3. The third-order valence-corrected chi connectivity index (χ3v) is 3.28. The Morgan fingerprint density at radius 3 is 2.69 bits per heavy atom. The molecule has 0 aromatic carbocycles. The van der Waals surface area contributed by atoms with Crippen molar-refractivity contribution < 1.29 is 4.79 Å². The molecular weight excluding hydrogens is 267 g/mol. The van der Waals surface area contributed by atoms with Crippen LogP contribution in [0.25, 0.3) is 0 Å². The molecule has 1 amide bonds. The summed E-state index contributed by atoms with van der Waals surface area (Å²) in [6, 6.07) is 3.80. The van der Waals surface area contributed by atoms with Gasteiger partial charge in [-0.05, 0) is 19.1 Å². The molecule has 6 heteroatoms. The van der Waals surface area contributed by atoms with Crippen LogP contribution in [-0.2, 0) is 11.3 Å². The zero-order chi connectivity index (χ0) is 11.3. The minimum atomic E-state index is 0. The standard InChI is InChI=1S/C10H15ClN2OS.ClH/c1-2-13(10(14)5-6-12)7-8-3-4-9(11)15-8;/h3-4H,2,5-7,12H2,1H3;1H. The molecule has 0 aliphatic carbocycles. The predicted octanol–water partition coefficient (Wildman–Crippen LogP) is 2.52. The number of carbonyl (C=O) groups excluding carboxylic acids is 1. The van der Waals surface area contributed by atoms with E-state index in [-0.39, 0.29) is 18.3 Å². The van der Waals surface area contributed by atoms with Crippen LogP contribution in [-0.4, -0.2) is 23.9 Å². The van der Waals surface area contributed by atoms with Crippen LogP contribution in [0.15, 0.2) is 12.1 Å². The van der Waals surface area contributed by atoms with E-state index < -0.39 is 0 Å². The molecule has 2 N–H and O–H groups in total. The van der Waals surface area contributed by atoms with E-state index >= 15 is 0 Å². The number of hydrogen-bond donors (Lipinski definition) is 1. The highest BCUT2D eigenvalue weighted by Crippen LogP contribution is 2.22. The van der Waals surface area contributed by atoms with Crippen LogP contribution in [0.4, 0.5) is 0 Å². The Morgan fingerprint density at radius 1 is 1.56 bits per heavy atom. The van der Waals surface area contributed by atoms with Gasteiger partial charge in [-0.1, -0.05) is 11.6 Å². The van der Waals surface area contributed by atoms with Crippen molar-refractivity contribution in [1.29, 1.82) is 0 Å². The molecule has 0 bridgehead atoms. The second kappa shape index (κ2) is 7.90. The van der Waals surface area contributed by atoms with Gasteiger partial charge in [-0.2, -0.15) is 0 Å². The fraction of sp³-hybridized carbons (Fsp3) is 0.500. The van der Waals surface area contributed by atoms with E-state index in [2.05, 4.69) is 0 Å². The van der Waals surface area contributed by atoms with Crippen molar-refractivity contribution in [2.45, 2.75) is 19.9 Å². The summed E-state index contributed by atoms with van der Waals surface area (Å²) in [4.78, 5) is 14.5. The average molecular weight is 283 g/mol. The Balaban J connectivity index is 0.00000225. The summed E-state index contributed by atoms with van der Waals surface area (Å²) < 4.78 is 0.757. The monoisotopic (exact) mass is 282 g/mol. The molecule has 92 valence electrons. The summed E-state index contributed by atoms with van der Waals surface area (Å²) in [7, 11) is 0. The van der Waals surface area contributed by atoms with Crippen molar-refractivity contribution in [3.8, 4) is 0 Å². The Labute approximate surface area is 111 Å². The van der Waals surface area contributed by atoms with E-state index in [4.69, 9.17) is 17.3 Å². The largest absolute Gasteiger partial charge is 0.338 e. The summed E-state index contributed by atoms with van der Waals surface area (Å²) in [6.45, 7) is 3.70. The van der Waals surface area contributed by atoms with Gasteiger partial charge in [0.1, 0.15) is 0 Å². The molecule has 0 saturated carbocycles. The fourth-order valence-electron chi connectivity index (χ4n) is 1.28. The van der Waals surface area contributed by atoms with E-state index in [1.807, 2.05) is 19.1 Å². The first-order chi connectivity index (χ1) is 7.17. The minimum Gasteiger partial charge on any atom is -0.338 e. The lowest BCUT2D eigenvalue weighted by Crippen LogP contribution is -2.31. The molecular formula is C10H16Cl2N2OS. The maximum Gasteiger partial charge on any atom is 0.224 e. The van der Waals surface area contributed by atoms with Crippen molar-refractivity contribution in [2.24, 2.45) is 5.73 Å². The molecule has 1 rings (SSSR count). The van der Waals surface area contributed by atoms with Gasteiger partial charge in [0.15, 0.2) is 0 Å². The van der Waals surface area contributed by atoms with Crippen molar-refractivity contribution in [3.63, 3.8) is 0 Å². The number of halogens is 2. The van der Waals surface area contributed by atoms with Crippen molar-refractivity contribution >= 4 is 41.3 Å². The Kier molecular flexibility index (Phi) is 7.76. The summed E-state index contributed by atoms with van der Waals surface area (Å²) in [5.41, 5.74) is 5.35. The molecule has 0 aliphatic heterocycles. The third-order valence-electron chi connectivity index (χ3n) is 2.07. The molecule has 0 atom stereocenters. The second-order valence-corrected chi connectivity index (χ2v) is 4.95. The first-order valence-corrected chi connectivity index (χ1v) is 6.09. The summed E-state index contributed by atoms with van der Waals surface area (Å²) in [6.07, 6.45) is 0.410. The van der Waals surface area contributed by atoms with Crippen molar-refractivity contribution in [3.05, 3.63) is 21.3 Å². The molecule has 0 aliphatic rings. The van der Waals surface area contributed by atoms with E-state index in [0.29, 0.717) is 26.1 Å². The molecule has 0 fully saturated rings. The van der Waals surface area contributed by atoms with Crippen LogP contribution in [0, 0.1) is 0 Å². The van der Waals surface area contributed by atoms with E-state index in [1.54, 1.807) is 4.90 Å². The SMILES string of the molecule is CCN(Cc1ccc(Cl)s1)C(=O)CCN.Cl. The lowest BCUT2D eigenvalue weighted by Gasteiger charge is -2.19. The highest BCUT2D eigenvalue weighted by Gasteiger charge is 2.11. The van der Waals surface area contributed by atoms with Gasteiger partial charge in [0.25, 0.3) is 0 Å². The number of nitrogens with two attached hydrogens (primary N) is 1. The number of hydrogen-bond acceptors (Lipinski definition) is 3. The fourth-order valence-corrected chi connectivity index (χ4v) is 2.39. The Hall–Kier alpha value is -0.290. The number of carbonyl (C=O) groups is 1. The maximum atomic E-state index is 11.6. The average Bonchev–Trinajstić information content (AvgIpc) is 2.61. The zero-order valence-electron chi connectivity index (χ0n) is 9.11. The van der Waals surface area contributed by atoms with Gasteiger partial charge in [0.05, 0.1) is 10.9 Å². The molecule has 0 spiro atoms.